The number of nitrogens with one attached hydrogen (secondary N) is 1. The lowest BCUT2D eigenvalue weighted by Gasteiger charge is -2.17. The van der Waals surface area contributed by atoms with Crippen LogP contribution >= 0.6 is 11.3 Å². The van der Waals surface area contributed by atoms with Gasteiger partial charge >= 0.3 is 5.97 Å². The third-order valence-corrected chi connectivity index (χ3v) is 3.75. The molecule has 2 rings (SSSR count). The number of aliphatic carboxylic acids is 1. The first kappa shape index (κ1) is 14.1. The largest absolute Gasteiger partial charge is 0.479 e. The van der Waals surface area contributed by atoms with Crippen molar-refractivity contribution in [3.8, 4) is 0 Å². The van der Waals surface area contributed by atoms with Crippen LogP contribution in [0.3, 0.4) is 0 Å². The summed E-state index contributed by atoms with van der Waals surface area (Å²) in [5.41, 5.74) is 6.93. The maximum atomic E-state index is 11.4. The number of carbonyl (C=O) groups is 2. The zero-order valence-corrected chi connectivity index (χ0v) is 11.6. The van der Waals surface area contributed by atoms with Gasteiger partial charge in [0, 0.05) is 10.6 Å². The number of hydrogen-bond donors (Lipinski definition) is 3. The maximum absolute atomic E-state index is 11.4. The minimum Gasteiger partial charge on any atom is -0.479 e. The molecule has 0 saturated carbocycles. The van der Waals surface area contributed by atoms with E-state index in [4.69, 9.17) is 5.73 Å². The SMILES string of the molecule is Cc1ccc(C(N)=O)c(NC(C(=O)O)c2cccs2)c1. The molecule has 0 aliphatic carbocycles. The van der Waals surface area contributed by atoms with Crippen molar-refractivity contribution in [1.82, 2.24) is 0 Å². The molecule has 2 aromatic rings. The van der Waals surface area contributed by atoms with E-state index in [1.807, 2.05) is 6.92 Å². The van der Waals surface area contributed by atoms with Gasteiger partial charge in [0.2, 0.25) is 0 Å². The molecule has 0 bridgehead atoms. The molecule has 104 valence electrons. The molecule has 0 fully saturated rings. The average molecular weight is 290 g/mol. The summed E-state index contributed by atoms with van der Waals surface area (Å²) in [6, 6.07) is 7.66. The van der Waals surface area contributed by atoms with Crippen molar-refractivity contribution in [1.29, 1.82) is 0 Å². The molecule has 0 radical (unpaired) electrons. The summed E-state index contributed by atoms with van der Waals surface area (Å²) in [5.74, 6) is -1.60. The third kappa shape index (κ3) is 2.97. The number of primary amides is 1. The third-order valence-electron chi connectivity index (χ3n) is 2.82. The number of hydrogen-bond acceptors (Lipinski definition) is 4. The van der Waals surface area contributed by atoms with Gasteiger partial charge in [0.15, 0.2) is 6.04 Å². The number of nitrogens with two attached hydrogens (primary N) is 1. The Morgan fingerprint density at radius 2 is 2.10 bits per heavy atom. The summed E-state index contributed by atoms with van der Waals surface area (Å²) in [4.78, 5) is 23.5. The van der Waals surface area contributed by atoms with Crippen molar-refractivity contribution < 1.29 is 14.7 Å². The normalized spacial score (nSPS) is 11.8. The lowest BCUT2D eigenvalue weighted by Crippen LogP contribution is -2.22. The number of carboxylic acids is 1. The molecule has 1 heterocycles. The molecular formula is C14H14N2O3S. The van der Waals surface area contributed by atoms with Gasteiger partial charge in [-0.3, -0.25) is 4.79 Å². The highest BCUT2D eigenvalue weighted by atomic mass is 32.1. The van der Waals surface area contributed by atoms with Crippen molar-refractivity contribution in [2.45, 2.75) is 13.0 Å². The Hall–Kier alpha value is -2.34. The number of rotatable bonds is 5. The monoisotopic (exact) mass is 290 g/mol. The molecule has 1 atom stereocenters. The molecule has 6 heteroatoms. The van der Waals surface area contributed by atoms with E-state index >= 15 is 0 Å². The predicted octanol–water partition coefficient (Wildman–Crippen LogP) is 2.39. The summed E-state index contributed by atoms with van der Waals surface area (Å²) >= 11 is 1.34. The molecule has 0 saturated heterocycles. The van der Waals surface area contributed by atoms with Gasteiger partial charge in [-0.1, -0.05) is 12.1 Å². The number of carboxylic acid groups (broad SMARTS) is 1. The predicted molar refractivity (Wildman–Crippen MR) is 78.0 cm³/mol. The lowest BCUT2D eigenvalue weighted by atomic mass is 10.1. The Morgan fingerprint density at radius 1 is 1.35 bits per heavy atom. The smallest absolute Gasteiger partial charge is 0.331 e. The highest BCUT2D eigenvalue weighted by molar-refractivity contribution is 7.10. The second-order valence-corrected chi connectivity index (χ2v) is 5.32. The fourth-order valence-corrected chi connectivity index (χ4v) is 2.63. The molecule has 1 amide bonds. The highest BCUT2D eigenvalue weighted by Gasteiger charge is 2.22. The molecule has 1 aromatic carbocycles. The zero-order valence-electron chi connectivity index (χ0n) is 10.8. The van der Waals surface area contributed by atoms with Crippen LogP contribution in [-0.2, 0) is 4.79 Å². The van der Waals surface area contributed by atoms with Gasteiger partial charge in [-0.25, -0.2) is 4.79 Å². The van der Waals surface area contributed by atoms with E-state index in [0.29, 0.717) is 10.6 Å². The van der Waals surface area contributed by atoms with Crippen LogP contribution in [0, 0.1) is 6.92 Å². The summed E-state index contributed by atoms with van der Waals surface area (Å²) < 4.78 is 0. The number of carbonyl (C=O) groups excluding carboxylic acids is 1. The van der Waals surface area contributed by atoms with Gasteiger partial charge in [-0.15, -0.1) is 11.3 Å². The van der Waals surface area contributed by atoms with E-state index in [9.17, 15) is 14.7 Å². The van der Waals surface area contributed by atoms with Crippen molar-refractivity contribution in [3.05, 3.63) is 51.7 Å². The minimum absolute atomic E-state index is 0.276. The Bertz CT molecular complexity index is 638. The summed E-state index contributed by atoms with van der Waals surface area (Å²) in [6.07, 6.45) is 0. The molecule has 5 nitrogen and oxygen atoms in total. The standard InChI is InChI=1S/C14H14N2O3S/c1-8-4-5-9(13(15)17)10(7-8)16-12(14(18)19)11-3-2-6-20-11/h2-7,12,16H,1H3,(H2,15,17)(H,18,19). The van der Waals surface area contributed by atoms with Crippen LogP contribution in [-0.4, -0.2) is 17.0 Å². The first-order chi connectivity index (χ1) is 9.49. The van der Waals surface area contributed by atoms with Crippen LogP contribution in [0.1, 0.15) is 26.8 Å². The van der Waals surface area contributed by atoms with Gasteiger partial charge in [0.1, 0.15) is 0 Å². The molecule has 4 N–H and O–H groups in total. The molecule has 20 heavy (non-hydrogen) atoms. The van der Waals surface area contributed by atoms with Crippen LogP contribution in [0.25, 0.3) is 0 Å². The molecule has 1 aromatic heterocycles. The Kier molecular flexibility index (Phi) is 4.05. The fraction of sp³-hybridized carbons (Fsp3) is 0.143. The first-order valence-electron chi connectivity index (χ1n) is 5.92. The second kappa shape index (κ2) is 5.75. The first-order valence-corrected chi connectivity index (χ1v) is 6.80. The number of thiophene rings is 1. The Balaban J connectivity index is 2.38. The minimum atomic E-state index is -1.01. The van der Waals surface area contributed by atoms with E-state index in [2.05, 4.69) is 5.32 Å². The van der Waals surface area contributed by atoms with Gasteiger partial charge in [-0.05, 0) is 36.1 Å². The summed E-state index contributed by atoms with van der Waals surface area (Å²) in [6.45, 7) is 1.86. The van der Waals surface area contributed by atoms with Gasteiger partial charge in [0.05, 0.1) is 5.56 Å². The van der Waals surface area contributed by atoms with Crippen LogP contribution in [0.4, 0.5) is 5.69 Å². The molecule has 0 aliphatic heterocycles. The van der Waals surface area contributed by atoms with E-state index in [0.717, 1.165) is 5.56 Å². The molecule has 0 aliphatic rings. The quantitative estimate of drug-likeness (QED) is 0.788. The average Bonchev–Trinajstić information content (AvgIpc) is 2.88. The van der Waals surface area contributed by atoms with Crippen LogP contribution in [0.5, 0.6) is 0 Å². The fourth-order valence-electron chi connectivity index (χ4n) is 1.86. The molecule has 0 spiro atoms. The maximum Gasteiger partial charge on any atom is 0.331 e. The molecular weight excluding hydrogens is 276 g/mol. The van der Waals surface area contributed by atoms with E-state index in [-0.39, 0.29) is 5.56 Å². The van der Waals surface area contributed by atoms with E-state index < -0.39 is 17.9 Å². The van der Waals surface area contributed by atoms with Crippen LogP contribution in [0.2, 0.25) is 0 Å². The topological polar surface area (TPSA) is 92.4 Å². The summed E-state index contributed by atoms with van der Waals surface area (Å²) in [7, 11) is 0. The van der Waals surface area contributed by atoms with Crippen LogP contribution < -0.4 is 11.1 Å². The second-order valence-electron chi connectivity index (χ2n) is 4.34. The van der Waals surface area contributed by atoms with Crippen molar-refractivity contribution >= 4 is 28.9 Å². The lowest BCUT2D eigenvalue weighted by molar-refractivity contribution is -0.138. The van der Waals surface area contributed by atoms with Crippen molar-refractivity contribution in [3.63, 3.8) is 0 Å². The summed E-state index contributed by atoms with van der Waals surface area (Å²) in [5, 5.41) is 14.0. The van der Waals surface area contributed by atoms with Crippen LogP contribution in [0.15, 0.2) is 35.7 Å². The number of anilines is 1. The highest BCUT2D eigenvalue weighted by Crippen LogP contribution is 2.26. The number of benzene rings is 1. The Morgan fingerprint density at radius 3 is 2.65 bits per heavy atom. The Labute approximate surface area is 120 Å². The van der Waals surface area contributed by atoms with Gasteiger partial charge < -0.3 is 16.2 Å². The van der Waals surface area contributed by atoms with Gasteiger partial charge in [-0.2, -0.15) is 0 Å². The van der Waals surface area contributed by atoms with Crippen molar-refractivity contribution in [2.75, 3.05) is 5.32 Å². The van der Waals surface area contributed by atoms with Gasteiger partial charge in [0.25, 0.3) is 5.91 Å². The zero-order chi connectivity index (χ0) is 14.7. The number of amides is 1. The number of aryl methyl sites for hydroxylation is 1. The van der Waals surface area contributed by atoms with E-state index in [1.54, 1.807) is 35.7 Å². The molecule has 1 unspecified atom stereocenters. The van der Waals surface area contributed by atoms with Crippen molar-refractivity contribution in [2.24, 2.45) is 5.73 Å². The van der Waals surface area contributed by atoms with E-state index in [1.165, 1.54) is 11.3 Å².